The van der Waals surface area contributed by atoms with Crippen molar-refractivity contribution in [1.82, 2.24) is 0 Å². The quantitative estimate of drug-likeness (QED) is 0.573. The Balaban J connectivity index is 2.97. The number of esters is 1. The molecule has 108 valence electrons. The second-order valence-electron chi connectivity index (χ2n) is 4.12. The van der Waals surface area contributed by atoms with Crippen molar-refractivity contribution in [3.8, 4) is 0 Å². The van der Waals surface area contributed by atoms with Crippen molar-refractivity contribution < 1.29 is 29.3 Å². The highest BCUT2D eigenvalue weighted by molar-refractivity contribution is 5.78. The Kier molecular flexibility index (Phi) is 5.86. The lowest BCUT2D eigenvalue weighted by Gasteiger charge is -2.12. The van der Waals surface area contributed by atoms with Crippen LogP contribution in [0.3, 0.4) is 0 Å². The van der Waals surface area contributed by atoms with E-state index in [0.717, 1.165) is 0 Å². The van der Waals surface area contributed by atoms with Gasteiger partial charge in [-0.2, -0.15) is 0 Å². The second-order valence-corrected chi connectivity index (χ2v) is 4.12. The van der Waals surface area contributed by atoms with Crippen molar-refractivity contribution >= 4 is 18.2 Å². The first-order chi connectivity index (χ1) is 9.49. The minimum Gasteiger partial charge on any atom is -0.479 e. The number of aliphatic hydroxyl groups is 1. The number of aliphatic carboxylic acids is 1. The minimum atomic E-state index is -1.69. The molecule has 1 aromatic carbocycles. The average molecular weight is 280 g/mol. The van der Waals surface area contributed by atoms with Crippen LogP contribution in [0.5, 0.6) is 0 Å². The molecule has 6 nitrogen and oxygen atoms in total. The first-order valence-corrected chi connectivity index (χ1v) is 6.14. The normalized spacial score (nSPS) is 11.7. The molecule has 2 N–H and O–H groups in total. The fraction of sp³-hybridized carbons (Fsp3) is 0.357. The summed E-state index contributed by atoms with van der Waals surface area (Å²) >= 11 is 0. The van der Waals surface area contributed by atoms with Crippen molar-refractivity contribution in [3.63, 3.8) is 0 Å². The van der Waals surface area contributed by atoms with Crippen LogP contribution in [0.25, 0.3) is 0 Å². The molecular weight excluding hydrogens is 264 g/mol. The maximum absolute atomic E-state index is 11.3. The molecule has 20 heavy (non-hydrogen) atoms. The first kappa shape index (κ1) is 15.8. The number of hydrogen-bond donors (Lipinski definition) is 2. The zero-order chi connectivity index (χ0) is 15.1. The lowest BCUT2D eigenvalue weighted by atomic mass is 9.96. The summed E-state index contributed by atoms with van der Waals surface area (Å²) in [4.78, 5) is 32.9. The third kappa shape index (κ3) is 4.17. The zero-order valence-corrected chi connectivity index (χ0v) is 11.0. The van der Waals surface area contributed by atoms with Crippen LogP contribution in [0, 0.1) is 0 Å². The molecule has 0 aliphatic rings. The summed E-state index contributed by atoms with van der Waals surface area (Å²) in [6.07, 6.45) is -0.826. The smallest absolute Gasteiger partial charge is 0.337 e. The Hall–Kier alpha value is -2.21. The van der Waals surface area contributed by atoms with Crippen molar-refractivity contribution in [3.05, 3.63) is 34.9 Å². The zero-order valence-electron chi connectivity index (χ0n) is 11.0. The Labute approximate surface area is 116 Å². The molecular formula is C14H16O6. The molecule has 1 aromatic rings. The van der Waals surface area contributed by atoms with E-state index in [1.54, 1.807) is 6.92 Å². The topological polar surface area (TPSA) is 101 Å². The third-order valence-electron chi connectivity index (χ3n) is 2.74. The van der Waals surface area contributed by atoms with E-state index in [0.29, 0.717) is 17.4 Å². The average Bonchev–Trinajstić information content (AvgIpc) is 2.44. The van der Waals surface area contributed by atoms with Gasteiger partial charge in [-0.15, -0.1) is 0 Å². The van der Waals surface area contributed by atoms with E-state index in [1.807, 2.05) is 0 Å². The highest BCUT2D eigenvalue weighted by Crippen LogP contribution is 2.21. The molecule has 1 atom stereocenters. The number of hydrogen-bond acceptors (Lipinski definition) is 5. The molecule has 0 aliphatic carbocycles. The van der Waals surface area contributed by atoms with Gasteiger partial charge in [-0.1, -0.05) is 12.1 Å². The SMILES string of the molecule is CCOC(=O)CCc1cc(C=O)ccc1C(O)C(=O)O. The molecule has 0 aromatic heterocycles. The number of aldehydes is 1. The van der Waals surface area contributed by atoms with Crippen molar-refractivity contribution in [2.75, 3.05) is 6.61 Å². The van der Waals surface area contributed by atoms with E-state index in [4.69, 9.17) is 9.84 Å². The molecule has 0 spiro atoms. The molecule has 1 rings (SSSR count). The van der Waals surface area contributed by atoms with Crippen molar-refractivity contribution in [2.24, 2.45) is 0 Å². The highest BCUT2D eigenvalue weighted by atomic mass is 16.5. The van der Waals surface area contributed by atoms with E-state index in [9.17, 15) is 19.5 Å². The van der Waals surface area contributed by atoms with Gasteiger partial charge >= 0.3 is 11.9 Å². The molecule has 1 unspecified atom stereocenters. The molecule has 0 fully saturated rings. The standard InChI is InChI=1S/C14H16O6/c1-2-20-12(16)6-4-10-7-9(8-15)3-5-11(10)13(17)14(18)19/h3,5,7-8,13,17H,2,4,6H2,1H3,(H,18,19). The monoisotopic (exact) mass is 280 g/mol. The number of carbonyl (C=O) groups is 3. The number of rotatable bonds is 7. The van der Waals surface area contributed by atoms with E-state index in [-0.39, 0.29) is 25.0 Å². The second kappa shape index (κ2) is 7.40. The fourth-order valence-corrected chi connectivity index (χ4v) is 1.79. The summed E-state index contributed by atoms with van der Waals surface area (Å²) in [5.74, 6) is -1.80. The number of ether oxygens (including phenoxy) is 1. The van der Waals surface area contributed by atoms with Crippen LogP contribution in [-0.2, 0) is 20.7 Å². The number of aliphatic hydroxyl groups excluding tert-OH is 1. The molecule has 0 heterocycles. The van der Waals surface area contributed by atoms with Crippen LogP contribution in [0.2, 0.25) is 0 Å². The number of benzene rings is 1. The number of carboxylic acid groups (broad SMARTS) is 1. The van der Waals surface area contributed by atoms with Gasteiger partial charge < -0.3 is 14.9 Å². The van der Waals surface area contributed by atoms with E-state index >= 15 is 0 Å². The van der Waals surface area contributed by atoms with Gasteiger partial charge in [-0.3, -0.25) is 9.59 Å². The number of carbonyl (C=O) groups excluding carboxylic acids is 2. The van der Waals surface area contributed by atoms with Crippen LogP contribution >= 0.6 is 0 Å². The molecule has 0 radical (unpaired) electrons. The maximum atomic E-state index is 11.3. The summed E-state index contributed by atoms with van der Waals surface area (Å²) in [5.41, 5.74) is 0.968. The van der Waals surface area contributed by atoms with Gasteiger partial charge in [-0.25, -0.2) is 4.79 Å². The Morgan fingerprint density at radius 1 is 1.40 bits per heavy atom. The summed E-state index contributed by atoms with van der Waals surface area (Å²) < 4.78 is 4.78. The summed E-state index contributed by atoms with van der Waals surface area (Å²) in [7, 11) is 0. The van der Waals surface area contributed by atoms with E-state index < -0.39 is 18.0 Å². The largest absolute Gasteiger partial charge is 0.479 e. The van der Waals surface area contributed by atoms with Crippen LogP contribution in [0.1, 0.15) is 40.9 Å². The number of carboxylic acids is 1. The van der Waals surface area contributed by atoms with Gasteiger partial charge in [0.15, 0.2) is 6.10 Å². The van der Waals surface area contributed by atoms with Gasteiger partial charge in [0, 0.05) is 12.0 Å². The summed E-state index contributed by atoms with van der Waals surface area (Å²) in [5, 5.41) is 18.4. The molecule has 0 saturated carbocycles. The van der Waals surface area contributed by atoms with Crippen LogP contribution in [0.4, 0.5) is 0 Å². The van der Waals surface area contributed by atoms with Crippen LogP contribution in [0.15, 0.2) is 18.2 Å². The van der Waals surface area contributed by atoms with Gasteiger partial charge in [0.25, 0.3) is 0 Å². The molecule has 0 amide bonds. The maximum Gasteiger partial charge on any atom is 0.337 e. The Morgan fingerprint density at radius 3 is 2.65 bits per heavy atom. The van der Waals surface area contributed by atoms with Crippen LogP contribution < -0.4 is 0 Å². The van der Waals surface area contributed by atoms with Crippen molar-refractivity contribution in [2.45, 2.75) is 25.9 Å². The van der Waals surface area contributed by atoms with Crippen LogP contribution in [-0.4, -0.2) is 35.0 Å². The molecule has 0 aliphatic heterocycles. The lowest BCUT2D eigenvalue weighted by Crippen LogP contribution is -2.14. The summed E-state index contributed by atoms with van der Waals surface area (Å²) in [6.45, 7) is 1.95. The first-order valence-electron chi connectivity index (χ1n) is 6.14. The third-order valence-corrected chi connectivity index (χ3v) is 2.74. The summed E-state index contributed by atoms with van der Waals surface area (Å²) in [6, 6.07) is 4.26. The van der Waals surface area contributed by atoms with E-state index in [1.165, 1.54) is 18.2 Å². The fourth-order valence-electron chi connectivity index (χ4n) is 1.79. The van der Waals surface area contributed by atoms with Crippen molar-refractivity contribution in [1.29, 1.82) is 0 Å². The predicted octanol–water partition coefficient (Wildman–Crippen LogP) is 1.11. The van der Waals surface area contributed by atoms with Gasteiger partial charge in [0.1, 0.15) is 6.29 Å². The molecule has 0 saturated heterocycles. The lowest BCUT2D eigenvalue weighted by molar-refractivity contribution is -0.147. The molecule has 6 heteroatoms. The minimum absolute atomic E-state index is 0.0511. The van der Waals surface area contributed by atoms with Gasteiger partial charge in [-0.05, 0) is 30.5 Å². The highest BCUT2D eigenvalue weighted by Gasteiger charge is 2.20. The molecule has 0 bridgehead atoms. The predicted molar refractivity (Wildman–Crippen MR) is 69.4 cm³/mol. The van der Waals surface area contributed by atoms with E-state index in [2.05, 4.69) is 0 Å². The Bertz CT molecular complexity index is 508. The number of aryl methyl sites for hydroxylation is 1. The van der Waals surface area contributed by atoms with Gasteiger partial charge in [0.2, 0.25) is 0 Å². The van der Waals surface area contributed by atoms with Gasteiger partial charge in [0.05, 0.1) is 6.61 Å². The Morgan fingerprint density at radius 2 is 2.10 bits per heavy atom.